The van der Waals surface area contributed by atoms with Crippen LogP contribution in [0.15, 0.2) is 59.2 Å². The molecule has 3 aromatic rings. The van der Waals surface area contributed by atoms with Crippen LogP contribution in [-0.4, -0.2) is 12.0 Å². The van der Waals surface area contributed by atoms with Crippen molar-refractivity contribution in [2.45, 2.75) is 6.54 Å². The highest BCUT2D eigenvalue weighted by atomic mass is 79.9. The number of benzene rings is 2. The summed E-state index contributed by atoms with van der Waals surface area (Å²) in [6, 6.07) is 16.2. The first-order valence-corrected chi connectivity index (χ1v) is 7.53. The smallest absolute Gasteiger partial charge is 0.0955 e. The fourth-order valence-electron chi connectivity index (χ4n) is 2.48. The lowest BCUT2D eigenvalue weighted by Crippen LogP contribution is -2.17. The average molecular weight is 342 g/mol. The molecule has 0 atom stereocenters. The van der Waals surface area contributed by atoms with Gasteiger partial charge < -0.3 is 10.6 Å². The first-order valence-electron chi connectivity index (χ1n) is 6.74. The summed E-state index contributed by atoms with van der Waals surface area (Å²) in [7, 11) is 2.07. The number of rotatable bonds is 3. The van der Waals surface area contributed by atoms with Crippen molar-refractivity contribution in [3.05, 3.63) is 64.8 Å². The lowest BCUT2D eigenvalue weighted by molar-refractivity contribution is 0.925. The van der Waals surface area contributed by atoms with E-state index in [1.807, 2.05) is 36.4 Å². The zero-order valence-electron chi connectivity index (χ0n) is 11.8. The number of halogens is 1. The highest BCUT2D eigenvalue weighted by Crippen LogP contribution is 2.29. The van der Waals surface area contributed by atoms with Gasteiger partial charge in [0.1, 0.15) is 0 Å². The van der Waals surface area contributed by atoms with Crippen LogP contribution in [0.4, 0.5) is 11.4 Å². The summed E-state index contributed by atoms with van der Waals surface area (Å²) in [5.74, 6) is 0. The van der Waals surface area contributed by atoms with Gasteiger partial charge in [-0.25, -0.2) is 0 Å². The molecule has 0 saturated heterocycles. The number of anilines is 2. The monoisotopic (exact) mass is 341 g/mol. The van der Waals surface area contributed by atoms with Crippen LogP contribution in [0.3, 0.4) is 0 Å². The maximum atomic E-state index is 6.03. The Morgan fingerprint density at radius 1 is 1.14 bits per heavy atom. The molecule has 4 heteroatoms. The fraction of sp³-hybridized carbons (Fsp3) is 0.118. The van der Waals surface area contributed by atoms with Gasteiger partial charge in [-0.2, -0.15) is 0 Å². The number of nitrogens with two attached hydrogens (primary N) is 1. The van der Waals surface area contributed by atoms with Gasteiger partial charge >= 0.3 is 0 Å². The Labute approximate surface area is 132 Å². The molecule has 0 aliphatic heterocycles. The van der Waals surface area contributed by atoms with Crippen LogP contribution < -0.4 is 10.6 Å². The Morgan fingerprint density at radius 2 is 2.00 bits per heavy atom. The molecule has 3 nitrogen and oxygen atoms in total. The van der Waals surface area contributed by atoms with E-state index in [2.05, 4.69) is 45.0 Å². The Morgan fingerprint density at radius 3 is 2.81 bits per heavy atom. The molecule has 3 rings (SSSR count). The number of nitrogen functional groups attached to an aromatic ring is 1. The summed E-state index contributed by atoms with van der Waals surface area (Å²) in [4.78, 5) is 6.68. The van der Waals surface area contributed by atoms with E-state index in [9.17, 15) is 0 Å². The van der Waals surface area contributed by atoms with E-state index in [0.29, 0.717) is 0 Å². The van der Waals surface area contributed by atoms with Gasteiger partial charge in [0.25, 0.3) is 0 Å². The molecule has 2 aromatic carbocycles. The molecule has 0 spiro atoms. The molecule has 0 amide bonds. The second-order valence-corrected chi connectivity index (χ2v) is 5.98. The van der Waals surface area contributed by atoms with Crippen molar-refractivity contribution in [2.24, 2.45) is 0 Å². The van der Waals surface area contributed by atoms with E-state index >= 15 is 0 Å². The molecule has 106 valence electrons. The van der Waals surface area contributed by atoms with E-state index in [1.54, 1.807) is 6.20 Å². The molecule has 0 saturated carbocycles. The predicted molar refractivity (Wildman–Crippen MR) is 92.4 cm³/mol. The summed E-state index contributed by atoms with van der Waals surface area (Å²) in [5.41, 5.74) is 10.1. The number of aromatic nitrogens is 1. The van der Waals surface area contributed by atoms with Crippen molar-refractivity contribution in [3.63, 3.8) is 0 Å². The summed E-state index contributed by atoms with van der Waals surface area (Å²) >= 11 is 3.51. The second-order valence-electron chi connectivity index (χ2n) is 5.06. The molecule has 0 fully saturated rings. The van der Waals surface area contributed by atoms with Gasteiger partial charge in [-0.3, -0.25) is 4.98 Å². The van der Waals surface area contributed by atoms with Crippen molar-refractivity contribution in [1.29, 1.82) is 0 Å². The first kappa shape index (κ1) is 13.9. The normalized spacial score (nSPS) is 10.8. The van der Waals surface area contributed by atoms with Gasteiger partial charge in [0, 0.05) is 35.3 Å². The highest BCUT2D eigenvalue weighted by Gasteiger charge is 2.09. The third kappa shape index (κ3) is 2.85. The first-order chi connectivity index (χ1) is 10.1. The van der Waals surface area contributed by atoms with Crippen molar-refractivity contribution in [3.8, 4) is 0 Å². The van der Waals surface area contributed by atoms with Crippen molar-refractivity contribution in [1.82, 2.24) is 4.98 Å². The van der Waals surface area contributed by atoms with E-state index in [0.717, 1.165) is 33.3 Å². The third-order valence-corrected chi connectivity index (χ3v) is 4.00. The number of hydrogen-bond acceptors (Lipinski definition) is 3. The number of pyridine rings is 1. The van der Waals surface area contributed by atoms with Crippen LogP contribution in [0, 0.1) is 0 Å². The zero-order valence-corrected chi connectivity index (χ0v) is 13.3. The molecule has 0 unspecified atom stereocenters. The molecular weight excluding hydrogens is 326 g/mol. The van der Waals surface area contributed by atoms with Crippen LogP contribution >= 0.6 is 15.9 Å². The molecule has 0 bridgehead atoms. The Hall–Kier alpha value is -2.07. The van der Waals surface area contributed by atoms with Gasteiger partial charge in [0.15, 0.2) is 0 Å². The lowest BCUT2D eigenvalue weighted by Gasteiger charge is -2.21. The quantitative estimate of drug-likeness (QED) is 0.725. The van der Waals surface area contributed by atoms with Gasteiger partial charge in [-0.1, -0.05) is 28.1 Å². The van der Waals surface area contributed by atoms with Crippen molar-refractivity contribution in [2.75, 3.05) is 17.7 Å². The van der Waals surface area contributed by atoms with E-state index < -0.39 is 0 Å². The average Bonchev–Trinajstić information content (AvgIpc) is 2.48. The minimum Gasteiger partial charge on any atom is -0.398 e. The van der Waals surface area contributed by atoms with E-state index in [4.69, 9.17) is 5.73 Å². The van der Waals surface area contributed by atoms with Gasteiger partial charge in [0.05, 0.1) is 11.2 Å². The molecule has 0 aliphatic rings. The predicted octanol–water partition coefficient (Wildman–Crippen LogP) is 4.22. The number of nitrogens with zero attached hydrogens (tertiary/aromatic N) is 2. The van der Waals surface area contributed by atoms with Gasteiger partial charge in [-0.15, -0.1) is 0 Å². The molecule has 1 heterocycles. The lowest BCUT2D eigenvalue weighted by atomic mass is 10.1. The Bertz CT molecular complexity index is 786. The maximum absolute atomic E-state index is 6.03. The summed E-state index contributed by atoms with van der Waals surface area (Å²) in [6.07, 6.45) is 1.80. The minimum atomic E-state index is 0.762. The van der Waals surface area contributed by atoms with Crippen LogP contribution in [0.25, 0.3) is 10.9 Å². The highest BCUT2D eigenvalue weighted by molar-refractivity contribution is 9.10. The summed E-state index contributed by atoms with van der Waals surface area (Å²) < 4.78 is 1.09. The van der Waals surface area contributed by atoms with Crippen LogP contribution in [-0.2, 0) is 6.54 Å². The molecule has 2 N–H and O–H groups in total. The molecule has 0 radical (unpaired) electrons. The topological polar surface area (TPSA) is 42.1 Å². The van der Waals surface area contributed by atoms with Crippen LogP contribution in [0.2, 0.25) is 0 Å². The van der Waals surface area contributed by atoms with Crippen molar-refractivity contribution >= 4 is 38.2 Å². The zero-order chi connectivity index (χ0) is 14.8. The standard InChI is InChI=1S/C17H16BrN3/c1-21(11-12-4-2-5-13(18)10-12)16-8-7-15(19)14-6-3-9-20-17(14)16/h2-10H,11,19H2,1H3. The summed E-state index contributed by atoms with van der Waals surface area (Å²) in [5, 5.41) is 0.996. The third-order valence-electron chi connectivity index (χ3n) is 3.50. The Kier molecular flexibility index (Phi) is 3.80. The van der Waals surface area contributed by atoms with Gasteiger partial charge in [-0.05, 0) is 42.0 Å². The van der Waals surface area contributed by atoms with Crippen LogP contribution in [0.5, 0.6) is 0 Å². The molecule has 21 heavy (non-hydrogen) atoms. The fourth-order valence-corrected chi connectivity index (χ4v) is 2.93. The number of hydrogen-bond donors (Lipinski definition) is 1. The van der Waals surface area contributed by atoms with Crippen LogP contribution in [0.1, 0.15) is 5.56 Å². The largest absolute Gasteiger partial charge is 0.398 e. The maximum Gasteiger partial charge on any atom is 0.0955 e. The SMILES string of the molecule is CN(Cc1cccc(Br)c1)c1ccc(N)c2cccnc12. The van der Waals surface area contributed by atoms with E-state index in [-0.39, 0.29) is 0 Å². The van der Waals surface area contributed by atoms with Crippen molar-refractivity contribution < 1.29 is 0 Å². The summed E-state index contributed by atoms with van der Waals surface area (Å²) in [6.45, 7) is 0.815. The minimum absolute atomic E-state index is 0.762. The molecule has 1 aromatic heterocycles. The second kappa shape index (κ2) is 5.74. The number of fused-ring (bicyclic) bond motifs is 1. The van der Waals surface area contributed by atoms with Gasteiger partial charge in [0.2, 0.25) is 0 Å². The molecule has 0 aliphatic carbocycles. The Balaban J connectivity index is 1.98. The van der Waals surface area contributed by atoms with E-state index in [1.165, 1.54) is 5.56 Å². The molecular formula is C17H16BrN3.